The molecule has 0 saturated carbocycles. The lowest BCUT2D eigenvalue weighted by molar-refractivity contribution is 0.382. The standard InChI is InChI=1S/C17H21FN2O/c1-11-7-8-13(9-12(11)2)15(20-19)10-14-5-4-6-16(21-3)17(14)18/h4-9,15,20H,10,19H2,1-3H3. The minimum absolute atomic E-state index is 0.147. The average molecular weight is 288 g/mol. The van der Waals surface area contributed by atoms with Crippen LogP contribution in [0.25, 0.3) is 0 Å². The molecule has 1 unspecified atom stereocenters. The molecular formula is C17H21FN2O. The van der Waals surface area contributed by atoms with Crippen LogP contribution in [0.1, 0.15) is 28.3 Å². The van der Waals surface area contributed by atoms with Gasteiger partial charge in [-0.15, -0.1) is 0 Å². The van der Waals surface area contributed by atoms with Crippen LogP contribution in [-0.4, -0.2) is 7.11 Å². The van der Waals surface area contributed by atoms with Crippen molar-refractivity contribution < 1.29 is 9.13 Å². The summed E-state index contributed by atoms with van der Waals surface area (Å²) < 4.78 is 19.2. The van der Waals surface area contributed by atoms with Crippen LogP contribution in [0, 0.1) is 19.7 Å². The Labute approximate surface area is 124 Å². The van der Waals surface area contributed by atoms with Gasteiger partial charge >= 0.3 is 0 Å². The van der Waals surface area contributed by atoms with Crippen LogP contribution in [-0.2, 0) is 6.42 Å². The van der Waals surface area contributed by atoms with Gasteiger partial charge in [-0.05, 0) is 48.6 Å². The Morgan fingerprint density at radius 1 is 1.19 bits per heavy atom. The summed E-state index contributed by atoms with van der Waals surface area (Å²) in [5, 5.41) is 0. The minimum atomic E-state index is -0.330. The van der Waals surface area contributed by atoms with Crippen LogP contribution in [0.5, 0.6) is 5.75 Å². The number of aryl methyl sites for hydroxylation is 2. The predicted octanol–water partition coefficient (Wildman–Crippen LogP) is 3.20. The molecule has 0 fully saturated rings. The first-order valence-corrected chi connectivity index (χ1v) is 6.91. The molecule has 0 aliphatic heterocycles. The molecule has 21 heavy (non-hydrogen) atoms. The third kappa shape index (κ3) is 3.40. The number of ether oxygens (including phenoxy) is 1. The van der Waals surface area contributed by atoms with Gasteiger partial charge in [0.05, 0.1) is 13.2 Å². The molecule has 0 heterocycles. The molecular weight excluding hydrogens is 267 g/mol. The van der Waals surface area contributed by atoms with Gasteiger partial charge in [0.1, 0.15) is 0 Å². The van der Waals surface area contributed by atoms with E-state index in [2.05, 4.69) is 31.4 Å². The van der Waals surface area contributed by atoms with Crippen molar-refractivity contribution in [2.45, 2.75) is 26.3 Å². The highest BCUT2D eigenvalue weighted by Crippen LogP contribution is 2.25. The molecule has 0 saturated heterocycles. The SMILES string of the molecule is COc1cccc(CC(NN)c2ccc(C)c(C)c2)c1F. The van der Waals surface area contributed by atoms with E-state index in [-0.39, 0.29) is 17.6 Å². The van der Waals surface area contributed by atoms with Crippen molar-refractivity contribution in [3.63, 3.8) is 0 Å². The normalized spacial score (nSPS) is 12.2. The molecule has 0 aromatic heterocycles. The van der Waals surface area contributed by atoms with E-state index in [0.29, 0.717) is 12.0 Å². The first-order chi connectivity index (χ1) is 10.1. The quantitative estimate of drug-likeness (QED) is 0.656. The van der Waals surface area contributed by atoms with Gasteiger partial charge in [0.25, 0.3) is 0 Å². The van der Waals surface area contributed by atoms with Crippen molar-refractivity contribution in [3.05, 3.63) is 64.5 Å². The summed E-state index contributed by atoms with van der Waals surface area (Å²) in [6.07, 6.45) is 0.460. The molecule has 0 amide bonds. The molecule has 0 radical (unpaired) electrons. The van der Waals surface area contributed by atoms with Gasteiger partial charge in [-0.3, -0.25) is 11.3 Å². The minimum Gasteiger partial charge on any atom is -0.494 e. The van der Waals surface area contributed by atoms with Crippen LogP contribution in [0.15, 0.2) is 36.4 Å². The number of rotatable bonds is 5. The first-order valence-electron chi connectivity index (χ1n) is 6.91. The largest absolute Gasteiger partial charge is 0.494 e. The molecule has 112 valence electrons. The molecule has 3 nitrogen and oxygen atoms in total. The average Bonchev–Trinajstić information content (AvgIpc) is 2.49. The maximum Gasteiger partial charge on any atom is 0.168 e. The first kappa shape index (κ1) is 15.5. The summed E-state index contributed by atoms with van der Waals surface area (Å²) in [6, 6.07) is 11.2. The van der Waals surface area contributed by atoms with Crippen molar-refractivity contribution in [3.8, 4) is 5.75 Å². The highest BCUT2D eigenvalue weighted by Gasteiger charge is 2.16. The molecule has 1 atom stereocenters. The zero-order chi connectivity index (χ0) is 15.4. The Kier molecular flexibility index (Phi) is 4.94. The topological polar surface area (TPSA) is 47.3 Å². The molecule has 3 N–H and O–H groups in total. The van der Waals surface area contributed by atoms with Gasteiger partial charge in [-0.2, -0.15) is 0 Å². The number of nitrogens with two attached hydrogens (primary N) is 1. The Bertz CT molecular complexity index is 628. The molecule has 2 aromatic carbocycles. The van der Waals surface area contributed by atoms with E-state index < -0.39 is 0 Å². The van der Waals surface area contributed by atoms with E-state index in [1.807, 2.05) is 6.07 Å². The Morgan fingerprint density at radius 2 is 1.95 bits per heavy atom. The lowest BCUT2D eigenvalue weighted by Gasteiger charge is -2.18. The fourth-order valence-electron chi connectivity index (χ4n) is 2.35. The summed E-state index contributed by atoms with van der Waals surface area (Å²) in [4.78, 5) is 0. The van der Waals surface area contributed by atoms with Crippen molar-refractivity contribution in [1.82, 2.24) is 5.43 Å². The van der Waals surface area contributed by atoms with Gasteiger partial charge in [-0.25, -0.2) is 4.39 Å². The monoisotopic (exact) mass is 288 g/mol. The molecule has 2 aromatic rings. The lowest BCUT2D eigenvalue weighted by Crippen LogP contribution is -2.30. The van der Waals surface area contributed by atoms with Gasteiger partial charge in [0, 0.05) is 0 Å². The number of halogens is 1. The van der Waals surface area contributed by atoms with Crippen LogP contribution < -0.4 is 16.0 Å². The van der Waals surface area contributed by atoms with E-state index >= 15 is 0 Å². The molecule has 0 aliphatic rings. The van der Waals surface area contributed by atoms with E-state index in [9.17, 15) is 4.39 Å². The summed E-state index contributed by atoms with van der Waals surface area (Å²) in [7, 11) is 1.46. The summed E-state index contributed by atoms with van der Waals surface area (Å²) >= 11 is 0. The number of hydrazine groups is 1. The third-order valence-electron chi connectivity index (χ3n) is 3.82. The van der Waals surface area contributed by atoms with Gasteiger partial charge in [-0.1, -0.05) is 30.3 Å². The number of benzene rings is 2. The predicted molar refractivity (Wildman–Crippen MR) is 82.6 cm³/mol. The molecule has 4 heteroatoms. The van der Waals surface area contributed by atoms with Crippen LogP contribution in [0.2, 0.25) is 0 Å². The number of nitrogens with one attached hydrogen (secondary N) is 1. The molecule has 2 rings (SSSR count). The highest BCUT2D eigenvalue weighted by molar-refractivity contribution is 5.35. The van der Waals surface area contributed by atoms with Crippen molar-refractivity contribution in [1.29, 1.82) is 0 Å². The van der Waals surface area contributed by atoms with Gasteiger partial charge in [0.2, 0.25) is 0 Å². The molecule has 0 spiro atoms. The second-order valence-corrected chi connectivity index (χ2v) is 5.20. The number of hydrogen-bond donors (Lipinski definition) is 2. The lowest BCUT2D eigenvalue weighted by atomic mass is 9.96. The number of methoxy groups -OCH3 is 1. The molecule has 0 bridgehead atoms. The Morgan fingerprint density at radius 3 is 2.57 bits per heavy atom. The van der Waals surface area contributed by atoms with Crippen molar-refractivity contribution >= 4 is 0 Å². The summed E-state index contributed by atoms with van der Waals surface area (Å²) in [5.41, 5.74) is 6.81. The zero-order valence-corrected chi connectivity index (χ0v) is 12.6. The van der Waals surface area contributed by atoms with Crippen molar-refractivity contribution in [2.75, 3.05) is 7.11 Å². The van der Waals surface area contributed by atoms with Gasteiger partial charge < -0.3 is 4.74 Å². The molecule has 0 aliphatic carbocycles. The second-order valence-electron chi connectivity index (χ2n) is 5.20. The summed E-state index contributed by atoms with van der Waals surface area (Å²) in [6.45, 7) is 4.12. The van der Waals surface area contributed by atoms with Gasteiger partial charge in [0.15, 0.2) is 11.6 Å². The summed E-state index contributed by atoms with van der Waals surface area (Å²) in [5.74, 6) is 5.58. The Balaban J connectivity index is 2.29. The van der Waals surface area contributed by atoms with E-state index in [0.717, 1.165) is 5.56 Å². The third-order valence-corrected chi connectivity index (χ3v) is 3.82. The zero-order valence-electron chi connectivity index (χ0n) is 12.6. The van der Waals surface area contributed by atoms with Crippen LogP contribution >= 0.6 is 0 Å². The fourth-order valence-corrected chi connectivity index (χ4v) is 2.35. The maximum atomic E-state index is 14.2. The fraction of sp³-hybridized carbons (Fsp3) is 0.294. The number of hydrogen-bond acceptors (Lipinski definition) is 3. The van der Waals surface area contributed by atoms with E-state index in [4.69, 9.17) is 10.6 Å². The van der Waals surface area contributed by atoms with Crippen molar-refractivity contribution in [2.24, 2.45) is 5.84 Å². The van der Waals surface area contributed by atoms with Crippen LogP contribution in [0.3, 0.4) is 0 Å². The Hall–Kier alpha value is -1.91. The second kappa shape index (κ2) is 6.70. The van der Waals surface area contributed by atoms with E-state index in [1.54, 1.807) is 18.2 Å². The van der Waals surface area contributed by atoms with E-state index in [1.165, 1.54) is 18.2 Å². The highest BCUT2D eigenvalue weighted by atomic mass is 19.1. The maximum absolute atomic E-state index is 14.2. The van der Waals surface area contributed by atoms with Crippen LogP contribution in [0.4, 0.5) is 4.39 Å². The smallest absolute Gasteiger partial charge is 0.168 e.